The van der Waals surface area contributed by atoms with E-state index in [0.29, 0.717) is 18.0 Å². The number of aryl methyl sites for hydroxylation is 1. The van der Waals surface area contributed by atoms with Crippen LogP contribution in [0.1, 0.15) is 42.8 Å². The van der Waals surface area contributed by atoms with E-state index in [9.17, 15) is 0 Å². The van der Waals surface area contributed by atoms with E-state index >= 15 is 0 Å². The Labute approximate surface area is 130 Å². The first-order chi connectivity index (χ1) is 9.86. The number of morpholine rings is 1. The summed E-state index contributed by atoms with van der Waals surface area (Å²) in [7, 11) is 0. The molecule has 112 valence electrons. The fraction of sp³-hybridized carbons (Fsp3) is 0.800. The summed E-state index contributed by atoms with van der Waals surface area (Å²) in [5.41, 5.74) is 1.02. The molecule has 1 aromatic heterocycles. The van der Waals surface area contributed by atoms with Crippen molar-refractivity contribution >= 4 is 22.9 Å². The summed E-state index contributed by atoms with van der Waals surface area (Å²) in [6.07, 6.45) is 8.04. The highest BCUT2D eigenvalue weighted by atomic mass is 35.5. The van der Waals surface area contributed by atoms with Crippen molar-refractivity contribution in [2.75, 3.05) is 19.7 Å². The number of unbranched alkanes of at least 4 members (excludes halogenated alkanes) is 1. The van der Waals surface area contributed by atoms with Crippen molar-refractivity contribution < 1.29 is 4.74 Å². The summed E-state index contributed by atoms with van der Waals surface area (Å²) in [5, 5.41) is 3.31. The second-order valence-electron chi connectivity index (χ2n) is 5.77. The number of hydrogen-bond donors (Lipinski definition) is 0. The SMILES string of the molecule is ClCc1csc(CCCCN2CCOC3CCCC32)n1. The van der Waals surface area contributed by atoms with Gasteiger partial charge >= 0.3 is 0 Å². The molecule has 2 atom stereocenters. The molecule has 1 saturated heterocycles. The number of alkyl halides is 1. The van der Waals surface area contributed by atoms with Gasteiger partial charge in [-0.1, -0.05) is 0 Å². The molecule has 1 aromatic rings. The molecule has 3 nitrogen and oxygen atoms in total. The van der Waals surface area contributed by atoms with Crippen LogP contribution in [0.15, 0.2) is 5.38 Å². The zero-order valence-electron chi connectivity index (χ0n) is 11.9. The second kappa shape index (κ2) is 7.21. The lowest BCUT2D eigenvalue weighted by molar-refractivity contribution is -0.0558. The molecule has 0 radical (unpaired) electrons. The summed E-state index contributed by atoms with van der Waals surface area (Å²) in [5.74, 6) is 0.535. The lowest BCUT2D eigenvalue weighted by Gasteiger charge is -2.37. The molecule has 0 bridgehead atoms. The van der Waals surface area contributed by atoms with Crippen LogP contribution in [0.3, 0.4) is 0 Å². The number of fused-ring (bicyclic) bond motifs is 1. The van der Waals surface area contributed by atoms with E-state index in [-0.39, 0.29) is 0 Å². The van der Waals surface area contributed by atoms with Crippen molar-refractivity contribution in [1.29, 1.82) is 0 Å². The maximum absolute atomic E-state index is 5.86. The first-order valence-corrected chi connectivity index (χ1v) is 9.13. The molecule has 1 saturated carbocycles. The molecule has 2 fully saturated rings. The molecule has 2 aliphatic rings. The second-order valence-corrected chi connectivity index (χ2v) is 6.98. The van der Waals surface area contributed by atoms with Gasteiger partial charge in [0, 0.05) is 18.0 Å². The molecule has 0 N–H and O–H groups in total. The maximum atomic E-state index is 5.86. The summed E-state index contributed by atoms with van der Waals surface area (Å²) in [4.78, 5) is 7.18. The average Bonchev–Trinajstić information content (AvgIpc) is 3.12. The van der Waals surface area contributed by atoms with E-state index in [1.54, 1.807) is 11.3 Å². The molecular formula is C15H23ClN2OS. The summed E-state index contributed by atoms with van der Waals surface area (Å²) in [6, 6.07) is 0.700. The summed E-state index contributed by atoms with van der Waals surface area (Å²) in [6.45, 7) is 3.26. The lowest BCUT2D eigenvalue weighted by atomic mass is 10.1. The van der Waals surface area contributed by atoms with E-state index in [0.717, 1.165) is 25.3 Å². The van der Waals surface area contributed by atoms with E-state index in [1.807, 2.05) is 0 Å². The van der Waals surface area contributed by atoms with Crippen LogP contribution in [0.2, 0.25) is 0 Å². The van der Waals surface area contributed by atoms with Crippen LogP contribution in [-0.4, -0.2) is 41.7 Å². The van der Waals surface area contributed by atoms with Gasteiger partial charge < -0.3 is 4.74 Å². The molecule has 1 aliphatic carbocycles. The van der Waals surface area contributed by atoms with Crippen molar-refractivity contribution in [3.05, 3.63) is 16.1 Å². The van der Waals surface area contributed by atoms with Gasteiger partial charge in [0.25, 0.3) is 0 Å². The fourth-order valence-electron chi connectivity index (χ4n) is 3.40. The predicted octanol–water partition coefficient (Wildman–Crippen LogP) is 3.46. The highest BCUT2D eigenvalue weighted by Crippen LogP contribution is 2.29. The third-order valence-electron chi connectivity index (χ3n) is 4.42. The van der Waals surface area contributed by atoms with Gasteiger partial charge in [-0.25, -0.2) is 4.98 Å². The number of thiazole rings is 1. The number of aromatic nitrogens is 1. The van der Waals surface area contributed by atoms with Crippen LogP contribution >= 0.6 is 22.9 Å². The molecule has 3 rings (SSSR count). The van der Waals surface area contributed by atoms with Crippen molar-refractivity contribution in [2.45, 2.75) is 56.6 Å². The summed E-state index contributed by atoms with van der Waals surface area (Å²) >= 11 is 7.53. The van der Waals surface area contributed by atoms with Gasteiger partial charge in [0.05, 0.1) is 29.3 Å². The van der Waals surface area contributed by atoms with Crippen LogP contribution in [-0.2, 0) is 17.0 Å². The Morgan fingerprint density at radius 2 is 2.35 bits per heavy atom. The molecule has 2 heterocycles. The largest absolute Gasteiger partial charge is 0.375 e. The van der Waals surface area contributed by atoms with E-state index in [4.69, 9.17) is 16.3 Å². The fourth-order valence-corrected chi connectivity index (χ4v) is 4.47. The van der Waals surface area contributed by atoms with E-state index in [2.05, 4.69) is 15.3 Å². The number of rotatable bonds is 6. The van der Waals surface area contributed by atoms with Crippen molar-refractivity contribution in [3.8, 4) is 0 Å². The van der Waals surface area contributed by atoms with E-state index in [1.165, 1.54) is 43.7 Å². The van der Waals surface area contributed by atoms with Crippen molar-refractivity contribution in [2.24, 2.45) is 0 Å². The number of nitrogens with zero attached hydrogens (tertiary/aromatic N) is 2. The minimum Gasteiger partial charge on any atom is -0.375 e. The Kier molecular flexibility index (Phi) is 5.32. The first kappa shape index (κ1) is 14.8. The standard InChI is InChI=1S/C15H23ClN2OS/c16-10-12-11-20-15(17-12)6-1-2-7-18-8-9-19-14-5-3-4-13(14)18/h11,13-14H,1-10H2. The average molecular weight is 315 g/mol. The van der Waals surface area contributed by atoms with E-state index < -0.39 is 0 Å². The number of halogens is 1. The highest BCUT2D eigenvalue weighted by molar-refractivity contribution is 7.09. The van der Waals surface area contributed by atoms with Gasteiger partial charge in [-0.15, -0.1) is 22.9 Å². The Morgan fingerprint density at radius 3 is 3.20 bits per heavy atom. The predicted molar refractivity (Wildman–Crippen MR) is 83.6 cm³/mol. The van der Waals surface area contributed by atoms with Gasteiger partial charge in [0.1, 0.15) is 0 Å². The minimum absolute atomic E-state index is 0.522. The Morgan fingerprint density at radius 1 is 1.40 bits per heavy atom. The monoisotopic (exact) mass is 314 g/mol. The van der Waals surface area contributed by atoms with Crippen molar-refractivity contribution in [3.63, 3.8) is 0 Å². The maximum Gasteiger partial charge on any atom is 0.0928 e. The summed E-state index contributed by atoms with van der Waals surface area (Å²) < 4.78 is 5.86. The van der Waals surface area contributed by atoms with Gasteiger partial charge in [-0.2, -0.15) is 0 Å². The molecule has 20 heavy (non-hydrogen) atoms. The number of hydrogen-bond acceptors (Lipinski definition) is 4. The molecule has 0 amide bonds. The van der Waals surface area contributed by atoms with Crippen LogP contribution < -0.4 is 0 Å². The topological polar surface area (TPSA) is 25.4 Å². The van der Waals surface area contributed by atoms with Gasteiger partial charge in [0.2, 0.25) is 0 Å². The number of ether oxygens (including phenoxy) is 1. The molecule has 0 aromatic carbocycles. The molecule has 5 heteroatoms. The van der Waals surface area contributed by atoms with Gasteiger partial charge in [-0.3, -0.25) is 4.90 Å². The normalized spacial score (nSPS) is 26.9. The Bertz CT molecular complexity index is 426. The Hall–Kier alpha value is -0.160. The first-order valence-electron chi connectivity index (χ1n) is 7.71. The Balaban J connectivity index is 1.39. The van der Waals surface area contributed by atoms with Crippen LogP contribution in [0.4, 0.5) is 0 Å². The smallest absolute Gasteiger partial charge is 0.0928 e. The van der Waals surface area contributed by atoms with Crippen LogP contribution in [0.5, 0.6) is 0 Å². The highest BCUT2D eigenvalue weighted by Gasteiger charge is 2.35. The quantitative estimate of drug-likeness (QED) is 0.594. The third kappa shape index (κ3) is 3.53. The minimum atomic E-state index is 0.522. The molecular weight excluding hydrogens is 292 g/mol. The van der Waals surface area contributed by atoms with Gasteiger partial charge in [0.15, 0.2) is 0 Å². The van der Waals surface area contributed by atoms with Crippen LogP contribution in [0.25, 0.3) is 0 Å². The third-order valence-corrected chi connectivity index (χ3v) is 5.65. The zero-order valence-corrected chi connectivity index (χ0v) is 13.5. The molecule has 2 unspecified atom stereocenters. The van der Waals surface area contributed by atoms with Crippen molar-refractivity contribution in [1.82, 2.24) is 9.88 Å². The molecule has 1 aliphatic heterocycles. The molecule has 0 spiro atoms. The van der Waals surface area contributed by atoms with Crippen LogP contribution in [0, 0.1) is 0 Å². The zero-order chi connectivity index (χ0) is 13.8. The lowest BCUT2D eigenvalue weighted by Crippen LogP contribution is -2.48. The van der Waals surface area contributed by atoms with Gasteiger partial charge in [-0.05, 0) is 45.1 Å².